The summed E-state index contributed by atoms with van der Waals surface area (Å²) in [5.41, 5.74) is 5.32. The maximum Gasteiger partial charge on any atom is 0.199 e. The van der Waals surface area contributed by atoms with E-state index in [2.05, 4.69) is 25.4 Å². The molecule has 2 aromatic heterocycles. The van der Waals surface area contributed by atoms with Crippen LogP contribution in [-0.4, -0.2) is 19.9 Å². The number of hydrazine groups is 1. The molecule has 0 unspecified atom stereocenters. The molecule has 0 aromatic carbocycles. The molecule has 0 aliphatic carbocycles. The smallest absolute Gasteiger partial charge is 0.199 e. The molecule has 0 fully saturated rings. The highest BCUT2D eigenvalue weighted by atomic mass is 15.3. The molecule has 0 bridgehead atoms. The number of anilines is 1. The van der Waals surface area contributed by atoms with Crippen molar-refractivity contribution >= 4 is 5.82 Å². The van der Waals surface area contributed by atoms with E-state index < -0.39 is 0 Å². The topological polar surface area (TPSA) is 89.6 Å². The quantitative estimate of drug-likeness (QED) is 0.594. The molecule has 0 aliphatic heterocycles. The van der Waals surface area contributed by atoms with Gasteiger partial charge in [-0.15, -0.1) is 0 Å². The van der Waals surface area contributed by atoms with Crippen molar-refractivity contribution in [3.63, 3.8) is 0 Å². The molecular weight excluding hydrogens is 216 g/mol. The van der Waals surface area contributed by atoms with Crippen molar-refractivity contribution in [3.8, 4) is 11.6 Å². The second-order valence-corrected chi connectivity index (χ2v) is 3.83. The lowest BCUT2D eigenvalue weighted by Crippen LogP contribution is -2.12. The fraction of sp³-hybridized carbons (Fsp3) is 0.273. The second-order valence-electron chi connectivity index (χ2n) is 3.83. The number of aryl methyl sites for hydroxylation is 2. The first-order chi connectivity index (χ1) is 8.11. The second kappa shape index (κ2) is 4.42. The van der Waals surface area contributed by atoms with Crippen LogP contribution in [0.25, 0.3) is 11.6 Å². The monoisotopic (exact) mass is 230 g/mol. The molecule has 2 rings (SSSR count). The molecule has 6 heteroatoms. The summed E-state index contributed by atoms with van der Waals surface area (Å²) in [5, 5.41) is 0. The van der Waals surface area contributed by atoms with Crippen LogP contribution >= 0.6 is 0 Å². The van der Waals surface area contributed by atoms with Crippen molar-refractivity contribution in [2.75, 3.05) is 5.43 Å². The number of aromatic nitrogens is 4. The molecule has 0 saturated heterocycles. The van der Waals surface area contributed by atoms with Crippen LogP contribution in [0.1, 0.15) is 16.8 Å². The summed E-state index contributed by atoms with van der Waals surface area (Å²) in [4.78, 5) is 17.0. The minimum absolute atomic E-state index is 0.473. The zero-order valence-electron chi connectivity index (χ0n) is 10.0. The molecule has 3 N–H and O–H groups in total. The number of nitrogens with zero attached hydrogens (tertiary/aromatic N) is 4. The molecule has 88 valence electrons. The molecule has 0 spiro atoms. The predicted molar refractivity (Wildman–Crippen MR) is 65.1 cm³/mol. The van der Waals surface area contributed by atoms with Crippen LogP contribution < -0.4 is 11.3 Å². The highest BCUT2D eigenvalue weighted by molar-refractivity contribution is 5.52. The molecule has 0 atom stereocenters. The highest BCUT2D eigenvalue weighted by Gasteiger charge is 2.10. The minimum Gasteiger partial charge on any atom is -0.308 e. The molecule has 0 radical (unpaired) electrons. The van der Waals surface area contributed by atoms with Gasteiger partial charge < -0.3 is 5.43 Å². The fourth-order valence-electron chi connectivity index (χ4n) is 1.38. The maximum absolute atomic E-state index is 5.41. The average molecular weight is 230 g/mol. The summed E-state index contributed by atoms with van der Waals surface area (Å²) in [7, 11) is 0. The Morgan fingerprint density at radius 3 is 2.24 bits per heavy atom. The van der Waals surface area contributed by atoms with Crippen LogP contribution in [0.15, 0.2) is 12.4 Å². The van der Waals surface area contributed by atoms with Gasteiger partial charge in [0.1, 0.15) is 5.82 Å². The maximum atomic E-state index is 5.41. The largest absolute Gasteiger partial charge is 0.308 e. The predicted octanol–water partition coefficient (Wildman–Crippen LogP) is 1.14. The zero-order valence-corrected chi connectivity index (χ0v) is 10.0. The van der Waals surface area contributed by atoms with Gasteiger partial charge in [0.05, 0.1) is 0 Å². The number of hydrogen-bond acceptors (Lipinski definition) is 6. The van der Waals surface area contributed by atoms with Gasteiger partial charge in [0, 0.05) is 23.7 Å². The van der Waals surface area contributed by atoms with Crippen molar-refractivity contribution in [1.29, 1.82) is 0 Å². The molecule has 0 saturated carbocycles. The van der Waals surface area contributed by atoms with E-state index in [1.807, 2.05) is 20.8 Å². The van der Waals surface area contributed by atoms with Gasteiger partial charge in [0.2, 0.25) is 0 Å². The lowest BCUT2D eigenvalue weighted by atomic mass is 10.2. The lowest BCUT2D eigenvalue weighted by molar-refractivity contribution is 1.01. The molecule has 17 heavy (non-hydrogen) atoms. The van der Waals surface area contributed by atoms with Crippen molar-refractivity contribution < 1.29 is 0 Å². The molecule has 2 aromatic rings. The van der Waals surface area contributed by atoms with Crippen LogP contribution in [0, 0.1) is 20.8 Å². The van der Waals surface area contributed by atoms with Crippen LogP contribution in [-0.2, 0) is 0 Å². The molecule has 6 nitrogen and oxygen atoms in total. The fourth-order valence-corrected chi connectivity index (χ4v) is 1.38. The Kier molecular flexibility index (Phi) is 2.97. The van der Waals surface area contributed by atoms with Gasteiger partial charge in [0.15, 0.2) is 11.6 Å². The van der Waals surface area contributed by atoms with Crippen molar-refractivity contribution in [3.05, 3.63) is 29.2 Å². The summed E-state index contributed by atoms with van der Waals surface area (Å²) in [5.74, 6) is 6.97. The average Bonchev–Trinajstić information content (AvgIpc) is 2.33. The summed E-state index contributed by atoms with van der Waals surface area (Å²) >= 11 is 0. The van der Waals surface area contributed by atoms with Gasteiger partial charge in [-0.1, -0.05) is 0 Å². The Hall–Kier alpha value is -2.08. The molecular formula is C11H14N6. The third-order valence-electron chi connectivity index (χ3n) is 2.51. The van der Waals surface area contributed by atoms with Crippen LogP contribution in [0.4, 0.5) is 5.82 Å². The SMILES string of the molecule is Cc1cnc(-c2nc(C)c(C)c(NN)n2)nc1. The first-order valence-corrected chi connectivity index (χ1v) is 5.22. The summed E-state index contributed by atoms with van der Waals surface area (Å²) < 4.78 is 0. The molecule has 0 aliphatic rings. The number of rotatable bonds is 2. The Morgan fingerprint density at radius 1 is 1.00 bits per heavy atom. The van der Waals surface area contributed by atoms with Crippen molar-refractivity contribution in [2.24, 2.45) is 5.84 Å². The van der Waals surface area contributed by atoms with Crippen molar-refractivity contribution in [1.82, 2.24) is 19.9 Å². The van der Waals surface area contributed by atoms with E-state index in [1.165, 1.54) is 0 Å². The lowest BCUT2D eigenvalue weighted by Gasteiger charge is -2.08. The van der Waals surface area contributed by atoms with Crippen LogP contribution in [0.3, 0.4) is 0 Å². The first kappa shape index (κ1) is 11.4. The highest BCUT2D eigenvalue weighted by Crippen LogP contribution is 2.18. The van der Waals surface area contributed by atoms with Gasteiger partial charge >= 0.3 is 0 Å². The van der Waals surface area contributed by atoms with Gasteiger partial charge in [-0.05, 0) is 26.3 Å². The Morgan fingerprint density at radius 2 is 1.65 bits per heavy atom. The molecule has 0 amide bonds. The summed E-state index contributed by atoms with van der Waals surface area (Å²) in [6.07, 6.45) is 3.47. The Labute approximate surface area is 99.3 Å². The third kappa shape index (κ3) is 2.21. The van der Waals surface area contributed by atoms with E-state index in [0.717, 1.165) is 16.8 Å². The van der Waals surface area contributed by atoms with E-state index in [9.17, 15) is 0 Å². The molecule has 2 heterocycles. The Balaban J connectivity index is 2.52. The standard InChI is InChI=1S/C11H14N6/c1-6-4-13-10(14-5-6)11-15-8(3)7(2)9(16-11)17-12/h4-5H,12H2,1-3H3,(H,15,16,17). The number of nitrogens with two attached hydrogens (primary N) is 1. The van der Waals surface area contributed by atoms with Crippen molar-refractivity contribution in [2.45, 2.75) is 20.8 Å². The normalized spacial score (nSPS) is 10.4. The van der Waals surface area contributed by atoms with Crippen LogP contribution in [0.2, 0.25) is 0 Å². The van der Waals surface area contributed by atoms with E-state index in [-0.39, 0.29) is 0 Å². The van der Waals surface area contributed by atoms with E-state index >= 15 is 0 Å². The van der Waals surface area contributed by atoms with E-state index in [1.54, 1.807) is 12.4 Å². The van der Waals surface area contributed by atoms with Gasteiger partial charge in [-0.3, -0.25) is 0 Å². The summed E-state index contributed by atoms with van der Waals surface area (Å²) in [6.45, 7) is 5.73. The first-order valence-electron chi connectivity index (χ1n) is 5.22. The number of nitrogen functional groups attached to an aromatic ring is 1. The van der Waals surface area contributed by atoms with Gasteiger partial charge in [0.25, 0.3) is 0 Å². The minimum atomic E-state index is 0.473. The van der Waals surface area contributed by atoms with Gasteiger partial charge in [-0.25, -0.2) is 25.8 Å². The number of hydrogen-bond donors (Lipinski definition) is 2. The van der Waals surface area contributed by atoms with E-state index in [0.29, 0.717) is 17.5 Å². The Bertz CT molecular complexity index is 534. The van der Waals surface area contributed by atoms with Gasteiger partial charge in [-0.2, -0.15) is 0 Å². The number of nitrogens with one attached hydrogen (secondary N) is 1. The van der Waals surface area contributed by atoms with E-state index in [4.69, 9.17) is 5.84 Å². The third-order valence-corrected chi connectivity index (χ3v) is 2.51. The van der Waals surface area contributed by atoms with Crippen LogP contribution in [0.5, 0.6) is 0 Å². The zero-order chi connectivity index (χ0) is 12.4. The summed E-state index contributed by atoms with van der Waals surface area (Å²) in [6, 6.07) is 0.